The molecule has 0 unspecified atom stereocenters. The van der Waals surface area contributed by atoms with Crippen LogP contribution in [0.25, 0.3) is 0 Å². The van der Waals surface area contributed by atoms with Crippen LogP contribution in [0.4, 0.5) is 8.78 Å². The molecule has 40 heavy (non-hydrogen) atoms. The molecule has 0 aromatic heterocycles. The quantitative estimate of drug-likeness (QED) is 0.176. The molecule has 0 bridgehead atoms. The van der Waals surface area contributed by atoms with Crippen LogP contribution in [-0.2, 0) is 0 Å². The lowest BCUT2D eigenvalue weighted by atomic mass is 9.86. The van der Waals surface area contributed by atoms with Crippen molar-refractivity contribution in [1.82, 2.24) is 0 Å². The van der Waals surface area contributed by atoms with Gasteiger partial charge in [-0.25, -0.2) is 18.4 Å². The fraction of sp³-hybridized carbons (Fsp3) is 0.125. The van der Waals surface area contributed by atoms with Gasteiger partial charge in [-0.05, 0) is 90.3 Å². The fourth-order valence-corrected chi connectivity index (χ4v) is 4.16. The molecule has 0 radical (unpaired) electrons. The van der Waals surface area contributed by atoms with Crippen LogP contribution in [0.3, 0.4) is 0 Å². The Balaban J connectivity index is 1.53. The maximum atomic E-state index is 15.0. The zero-order chi connectivity index (χ0) is 28.6. The average Bonchev–Trinajstić information content (AvgIpc) is 2.96. The van der Waals surface area contributed by atoms with Crippen molar-refractivity contribution in [3.63, 3.8) is 0 Å². The summed E-state index contributed by atoms with van der Waals surface area (Å²) in [6.45, 7) is 1.94. The highest BCUT2D eigenvalue weighted by Gasteiger charge is 2.22. The zero-order valence-electron chi connectivity index (χ0n) is 21.4. The second-order valence-electron chi connectivity index (χ2n) is 8.87. The largest absolute Gasteiger partial charge is 0.423 e. The number of carbonyl (C=O) groups excluding carboxylic acids is 2. The van der Waals surface area contributed by atoms with Crippen molar-refractivity contribution in [2.24, 2.45) is 0 Å². The van der Waals surface area contributed by atoms with E-state index in [1.54, 1.807) is 12.1 Å². The second-order valence-corrected chi connectivity index (χ2v) is 8.87. The lowest BCUT2D eigenvalue weighted by Crippen LogP contribution is -2.13. The second kappa shape index (κ2) is 12.5. The highest BCUT2D eigenvalue weighted by Crippen LogP contribution is 2.32. The molecule has 6 nitrogen and oxygen atoms in total. The maximum Gasteiger partial charge on any atom is 0.346 e. The summed E-state index contributed by atoms with van der Waals surface area (Å²) in [5.74, 6) is -3.43. The van der Waals surface area contributed by atoms with Crippen molar-refractivity contribution in [3.05, 3.63) is 130 Å². The first-order valence-electron chi connectivity index (χ1n) is 12.4. The van der Waals surface area contributed by atoms with Crippen molar-refractivity contribution in [2.75, 3.05) is 0 Å². The lowest BCUT2D eigenvalue weighted by Gasteiger charge is -2.19. The lowest BCUT2D eigenvalue weighted by molar-refractivity contribution is 0.0720. The molecule has 4 rings (SSSR count). The van der Waals surface area contributed by atoms with Crippen LogP contribution in [0.2, 0.25) is 0 Å². The number of ether oxygens (including phenoxy) is 2. The summed E-state index contributed by atoms with van der Waals surface area (Å²) in [6, 6.07) is 23.9. The number of carbonyl (C=O) groups is 2. The number of hydrogen-bond donors (Lipinski definition) is 0. The van der Waals surface area contributed by atoms with E-state index >= 15 is 8.78 Å². The van der Waals surface area contributed by atoms with Crippen molar-refractivity contribution >= 4 is 11.9 Å². The SMILES string of the molecule is CCCC(c1ccc(C(=O)Oc2ccc(C#N)cc2)c(F)c1)c1ccc(C(=O)Oc2ccc(C#N)cc2)c(F)c1. The standard InChI is InChI=1S/C32H22F2N2O4/c1-2-3-26(22-8-14-27(29(33)16-22)31(37)39-24-10-4-20(18-35)5-11-24)23-9-15-28(30(34)17-23)32(38)40-25-12-6-21(19-36)7-13-25/h4-17,26H,2-3H2,1H3. The van der Waals surface area contributed by atoms with Gasteiger partial charge in [0.05, 0.1) is 34.4 Å². The molecule has 0 aliphatic heterocycles. The molecule has 4 aromatic carbocycles. The Labute approximate surface area is 229 Å². The van der Waals surface area contributed by atoms with E-state index in [0.29, 0.717) is 35.1 Å². The molecule has 0 aliphatic rings. The van der Waals surface area contributed by atoms with Crippen molar-refractivity contribution in [2.45, 2.75) is 25.7 Å². The first kappa shape index (κ1) is 27.7. The number of nitriles is 2. The third kappa shape index (κ3) is 6.38. The smallest absolute Gasteiger partial charge is 0.346 e. The highest BCUT2D eigenvalue weighted by molar-refractivity contribution is 5.92. The van der Waals surface area contributed by atoms with Gasteiger partial charge in [-0.1, -0.05) is 25.5 Å². The van der Waals surface area contributed by atoms with Gasteiger partial charge in [-0.3, -0.25) is 0 Å². The summed E-state index contributed by atoms with van der Waals surface area (Å²) in [4.78, 5) is 25.1. The summed E-state index contributed by atoms with van der Waals surface area (Å²) in [5, 5.41) is 17.8. The van der Waals surface area contributed by atoms with Gasteiger partial charge in [0.2, 0.25) is 0 Å². The van der Waals surface area contributed by atoms with Crippen LogP contribution in [0.15, 0.2) is 84.9 Å². The summed E-state index contributed by atoms with van der Waals surface area (Å²) in [7, 11) is 0. The van der Waals surface area contributed by atoms with E-state index in [2.05, 4.69) is 0 Å². The molecule has 0 heterocycles. The van der Waals surface area contributed by atoms with Crippen LogP contribution in [0.5, 0.6) is 11.5 Å². The Morgan fingerprint density at radius 1 is 0.700 bits per heavy atom. The minimum absolute atomic E-state index is 0.171. The van der Waals surface area contributed by atoms with Crippen LogP contribution >= 0.6 is 0 Å². The average molecular weight is 537 g/mol. The first-order chi connectivity index (χ1) is 19.3. The van der Waals surface area contributed by atoms with Gasteiger partial charge in [0.1, 0.15) is 23.1 Å². The van der Waals surface area contributed by atoms with Crippen molar-refractivity contribution < 1.29 is 27.8 Å². The Morgan fingerprint density at radius 2 is 1.10 bits per heavy atom. The molecule has 4 aromatic rings. The molecule has 0 atom stereocenters. The molecule has 0 spiro atoms. The third-order valence-corrected chi connectivity index (χ3v) is 6.20. The van der Waals surface area contributed by atoms with E-state index in [1.165, 1.54) is 72.8 Å². The summed E-state index contributed by atoms with van der Waals surface area (Å²) < 4.78 is 40.5. The van der Waals surface area contributed by atoms with E-state index in [0.717, 1.165) is 0 Å². The fourth-order valence-electron chi connectivity index (χ4n) is 4.16. The molecular weight excluding hydrogens is 514 g/mol. The predicted octanol–water partition coefficient (Wildman–Crippen LogP) is 7.08. The molecular formula is C32H22F2N2O4. The highest BCUT2D eigenvalue weighted by atomic mass is 19.1. The summed E-state index contributed by atoms with van der Waals surface area (Å²) in [5.41, 5.74) is 1.31. The summed E-state index contributed by atoms with van der Waals surface area (Å²) >= 11 is 0. The van der Waals surface area contributed by atoms with Gasteiger partial charge in [0, 0.05) is 5.92 Å². The Hall–Kier alpha value is -5.34. The first-order valence-corrected chi connectivity index (χ1v) is 12.4. The Bertz CT molecular complexity index is 1520. The van der Waals surface area contributed by atoms with E-state index in [1.807, 2.05) is 19.1 Å². The van der Waals surface area contributed by atoms with Crippen LogP contribution in [0.1, 0.15) is 68.7 Å². The molecule has 8 heteroatoms. The van der Waals surface area contributed by atoms with Crippen LogP contribution < -0.4 is 9.47 Å². The van der Waals surface area contributed by atoms with Gasteiger partial charge >= 0.3 is 11.9 Å². The number of nitrogens with zero attached hydrogens (tertiary/aromatic N) is 2. The minimum atomic E-state index is -0.892. The molecule has 198 valence electrons. The number of halogens is 2. The van der Waals surface area contributed by atoms with Crippen molar-refractivity contribution in [1.29, 1.82) is 10.5 Å². The number of benzene rings is 4. The van der Waals surface area contributed by atoms with Gasteiger partial charge in [0.25, 0.3) is 0 Å². The van der Waals surface area contributed by atoms with Gasteiger partial charge in [0.15, 0.2) is 0 Å². The molecule has 0 saturated heterocycles. The van der Waals surface area contributed by atoms with Crippen molar-refractivity contribution in [3.8, 4) is 23.6 Å². The minimum Gasteiger partial charge on any atom is -0.423 e. The van der Waals surface area contributed by atoms with Gasteiger partial charge in [-0.15, -0.1) is 0 Å². The van der Waals surface area contributed by atoms with Crippen LogP contribution in [-0.4, -0.2) is 11.9 Å². The summed E-state index contributed by atoms with van der Waals surface area (Å²) in [6.07, 6.45) is 1.27. The molecule has 0 amide bonds. The predicted molar refractivity (Wildman–Crippen MR) is 142 cm³/mol. The number of hydrogen-bond acceptors (Lipinski definition) is 6. The molecule has 0 fully saturated rings. The topological polar surface area (TPSA) is 100 Å². The Morgan fingerprint density at radius 3 is 1.43 bits per heavy atom. The van der Waals surface area contributed by atoms with Gasteiger partial charge < -0.3 is 9.47 Å². The molecule has 0 saturated carbocycles. The third-order valence-electron chi connectivity index (χ3n) is 6.20. The van der Waals surface area contributed by atoms with E-state index in [9.17, 15) is 9.59 Å². The number of rotatable bonds is 8. The zero-order valence-corrected chi connectivity index (χ0v) is 21.4. The van der Waals surface area contributed by atoms with Crippen LogP contribution in [0, 0.1) is 34.3 Å². The van der Waals surface area contributed by atoms with E-state index < -0.39 is 29.5 Å². The normalized spacial score (nSPS) is 10.4. The molecule has 0 aliphatic carbocycles. The molecule has 0 N–H and O–H groups in total. The monoisotopic (exact) mass is 536 g/mol. The maximum absolute atomic E-state index is 15.0. The van der Waals surface area contributed by atoms with E-state index in [4.69, 9.17) is 20.0 Å². The van der Waals surface area contributed by atoms with E-state index in [-0.39, 0.29) is 22.6 Å². The Kier molecular flexibility index (Phi) is 8.63. The van der Waals surface area contributed by atoms with Gasteiger partial charge in [-0.2, -0.15) is 10.5 Å². The number of esters is 2.